The summed E-state index contributed by atoms with van der Waals surface area (Å²) in [6, 6.07) is 17.3. The van der Waals surface area contributed by atoms with E-state index in [0.29, 0.717) is 19.6 Å². The second-order valence-corrected chi connectivity index (χ2v) is 7.37. The summed E-state index contributed by atoms with van der Waals surface area (Å²) in [4.78, 5) is 15.8. The van der Waals surface area contributed by atoms with Crippen molar-refractivity contribution in [3.8, 4) is 0 Å². The van der Waals surface area contributed by atoms with Gasteiger partial charge in [-0.25, -0.2) is 4.90 Å². The van der Waals surface area contributed by atoms with Gasteiger partial charge in [-0.15, -0.1) is 0 Å². The third kappa shape index (κ3) is 4.78. The molecule has 2 aromatic rings. The molecule has 1 saturated heterocycles. The minimum absolute atomic E-state index is 0.0930. The molecule has 1 aliphatic heterocycles. The number of methoxy groups -OCH3 is 2. The molecule has 0 amide bonds. The lowest BCUT2D eigenvalue weighted by molar-refractivity contribution is -0.240. The molecule has 27 heavy (non-hydrogen) atoms. The molecule has 0 bridgehead atoms. The van der Waals surface area contributed by atoms with E-state index in [1.807, 2.05) is 54.6 Å². The van der Waals surface area contributed by atoms with Gasteiger partial charge in [0.05, 0.1) is 13.2 Å². The highest BCUT2D eigenvalue weighted by Crippen LogP contribution is 2.39. The second-order valence-electron chi connectivity index (χ2n) is 6.21. The smallest absolute Gasteiger partial charge is 0.287 e. The Morgan fingerprint density at radius 3 is 2.33 bits per heavy atom. The Labute approximate surface area is 164 Å². The number of Topliss-reactive ketones (excluding diaryl/α,β-unsaturated/α-hetero) is 1. The molecule has 6 heteroatoms. The van der Waals surface area contributed by atoms with Gasteiger partial charge < -0.3 is 14.2 Å². The van der Waals surface area contributed by atoms with Crippen molar-refractivity contribution in [2.45, 2.75) is 16.6 Å². The first-order chi connectivity index (χ1) is 13.2. The number of morpholine rings is 1. The van der Waals surface area contributed by atoms with Crippen LogP contribution in [-0.2, 0) is 20.6 Å². The summed E-state index contributed by atoms with van der Waals surface area (Å²) in [6.07, 6.45) is 0.333. The molecule has 0 unspecified atom stereocenters. The van der Waals surface area contributed by atoms with Crippen LogP contribution in [0.2, 0.25) is 0 Å². The van der Waals surface area contributed by atoms with Gasteiger partial charge in [0.1, 0.15) is 0 Å². The highest BCUT2D eigenvalue weighted by molar-refractivity contribution is 8.00. The summed E-state index contributed by atoms with van der Waals surface area (Å²) in [5, 5.41) is -0.949. The van der Waals surface area contributed by atoms with E-state index in [0.717, 1.165) is 29.1 Å². The number of benzene rings is 2. The van der Waals surface area contributed by atoms with Gasteiger partial charge in [0.2, 0.25) is 0 Å². The molecule has 2 aromatic carbocycles. The number of carbonyl (C=O) groups excluding carboxylic acids is 1. The van der Waals surface area contributed by atoms with Crippen molar-refractivity contribution in [2.75, 3.05) is 40.5 Å². The van der Waals surface area contributed by atoms with Gasteiger partial charge >= 0.3 is 0 Å². The topological polar surface area (TPSA) is 48.0 Å². The Morgan fingerprint density at radius 2 is 1.67 bits per heavy atom. The average Bonchev–Trinajstić information content (AvgIpc) is 2.74. The van der Waals surface area contributed by atoms with Crippen molar-refractivity contribution in [2.24, 2.45) is 0 Å². The predicted molar refractivity (Wildman–Crippen MR) is 106 cm³/mol. The molecule has 144 valence electrons. The normalized spacial score (nSPS) is 15.6. The monoisotopic (exact) mass is 387 g/mol. The molecule has 0 N–H and O–H groups in total. The van der Waals surface area contributed by atoms with Crippen LogP contribution in [0.5, 0.6) is 0 Å². The Balaban J connectivity index is 1.82. The number of ether oxygens (including phenoxy) is 3. The van der Waals surface area contributed by atoms with E-state index in [9.17, 15) is 4.79 Å². The quantitative estimate of drug-likeness (QED) is 0.393. The van der Waals surface area contributed by atoms with E-state index in [-0.39, 0.29) is 5.78 Å². The number of carbonyl (C=O) groups is 1. The van der Waals surface area contributed by atoms with Crippen LogP contribution in [0, 0.1) is 0 Å². The van der Waals surface area contributed by atoms with Crippen LogP contribution in [0.3, 0.4) is 0 Å². The minimum Gasteiger partial charge on any atom is -0.379 e. The Hall–Kier alpha value is -1.70. The number of hydrogen-bond donors (Lipinski definition) is 0. The van der Waals surface area contributed by atoms with E-state index in [1.54, 1.807) is 14.2 Å². The van der Waals surface area contributed by atoms with E-state index in [2.05, 4.69) is 4.90 Å². The van der Waals surface area contributed by atoms with E-state index >= 15 is 0 Å². The molecule has 0 spiro atoms. The zero-order chi connectivity index (χ0) is 19.1. The molecular weight excluding hydrogens is 362 g/mol. The van der Waals surface area contributed by atoms with E-state index in [1.165, 1.54) is 11.8 Å². The Kier molecular flexibility index (Phi) is 7.04. The molecule has 0 aromatic heterocycles. The molecule has 0 saturated carbocycles. The Bertz CT molecular complexity index is 743. The van der Waals surface area contributed by atoms with Gasteiger partial charge in [-0.3, -0.25) is 4.79 Å². The summed E-state index contributed by atoms with van der Waals surface area (Å²) in [5.74, 6) is 0.0930. The van der Waals surface area contributed by atoms with Crippen molar-refractivity contribution < 1.29 is 19.0 Å². The third-order valence-electron chi connectivity index (χ3n) is 4.57. The van der Waals surface area contributed by atoms with Crippen LogP contribution in [0.1, 0.15) is 15.9 Å². The number of ketones is 1. The van der Waals surface area contributed by atoms with Crippen LogP contribution < -0.4 is 0 Å². The molecule has 1 fully saturated rings. The van der Waals surface area contributed by atoms with Crippen LogP contribution in [0.25, 0.3) is 0 Å². The van der Waals surface area contributed by atoms with E-state index in [4.69, 9.17) is 14.2 Å². The fraction of sp³-hybridized carbons (Fsp3) is 0.381. The molecule has 3 rings (SSSR count). The lowest BCUT2D eigenvalue weighted by Crippen LogP contribution is -2.53. The van der Waals surface area contributed by atoms with Crippen molar-refractivity contribution in [1.29, 1.82) is 0 Å². The zero-order valence-electron chi connectivity index (χ0n) is 15.7. The maximum Gasteiger partial charge on any atom is 0.287 e. The number of hydrogen-bond acceptors (Lipinski definition) is 6. The first-order valence-corrected chi connectivity index (χ1v) is 9.78. The minimum atomic E-state index is -0.949. The summed E-state index contributed by atoms with van der Waals surface area (Å²) in [6.45, 7) is 2.73. The summed E-state index contributed by atoms with van der Waals surface area (Å²) < 4.78 is 17.1. The van der Waals surface area contributed by atoms with Gasteiger partial charge in [0, 0.05) is 44.2 Å². The van der Waals surface area contributed by atoms with Crippen molar-refractivity contribution in [1.82, 2.24) is 4.90 Å². The molecule has 0 atom stereocenters. The number of rotatable bonds is 8. The maximum atomic E-state index is 12.7. The first-order valence-electron chi connectivity index (χ1n) is 8.97. The van der Waals surface area contributed by atoms with Gasteiger partial charge in [0.25, 0.3) is 5.24 Å². The highest BCUT2D eigenvalue weighted by atomic mass is 32.2. The van der Waals surface area contributed by atoms with Crippen molar-refractivity contribution >= 4 is 17.5 Å². The number of nitrogens with zero attached hydrogens (tertiary/aromatic N) is 1. The average molecular weight is 388 g/mol. The van der Waals surface area contributed by atoms with Crippen LogP contribution in [0.4, 0.5) is 0 Å². The van der Waals surface area contributed by atoms with Crippen LogP contribution >= 0.6 is 11.8 Å². The zero-order valence-corrected chi connectivity index (χ0v) is 16.5. The Morgan fingerprint density at radius 1 is 1.04 bits per heavy atom. The molecule has 0 aliphatic carbocycles. The molecule has 0 radical (unpaired) electrons. The standard InChI is InChI=1S/C21H25NO4S/c1-24-21(25-2,22-12-14-26-15-13-22)27-20-11-7-6-10-18(20)16-19(23)17-8-4-3-5-9-17/h3-11H,12-16H2,1-2H3. The lowest BCUT2D eigenvalue weighted by atomic mass is 10.0. The summed E-state index contributed by atoms with van der Waals surface area (Å²) in [5.41, 5.74) is 1.68. The third-order valence-corrected chi connectivity index (χ3v) is 6.04. The van der Waals surface area contributed by atoms with Gasteiger partial charge in [-0.1, -0.05) is 48.5 Å². The first kappa shape index (κ1) is 20.0. The molecule has 5 nitrogen and oxygen atoms in total. The molecule has 1 heterocycles. The molecule has 1 aliphatic rings. The summed E-state index contributed by atoms with van der Waals surface area (Å²) >= 11 is 1.48. The van der Waals surface area contributed by atoms with Crippen LogP contribution in [0.15, 0.2) is 59.5 Å². The van der Waals surface area contributed by atoms with Crippen molar-refractivity contribution in [3.05, 3.63) is 65.7 Å². The fourth-order valence-electron chi connectivity index (χ4n) is 3.11. The largest absolute Gasteiger partial charge is 0.379 e. The van der Waals surface area contributed by atoms with Gasteiger partial charge in [-0.05, 0) is 23.4 Å². The van der Waals surface area contributed by atoms with Gasteiger partial charge in [0.15, 0.2) is 5.78 Å². The van der Waals surface area contributed by atoms with E-state index < -0.39 is 5.24 Å². The maximum absolute atomic E-state index is 12.7. The highest BCUT2D eigenvalue weighted by Gasteiger charge is 2.40. The predicted octanol–water partition coefficient (Wildman–Crippen LogP) is 3.44. The second kappa shape index (κ2) is 9.48. The van der Waals surface area contributed by atoms with Crippen molar-refractivity contribution in [3.63, 3.8) is 0 Å². The van der Waals surface area contributed by atoms with Gasteiger partial charge in [-0.2, -0.15) is 0 Å². The van der Waals surface area contributed by atoms with Crippen LogP contribution in [-0.4, -0.2) is 56.4 Å². The lowest BCUT2D eigenvalue weighted by Gasteiger charge is -2.42. The number of thioether (sulfide) groups is 1. The summed E-state index contributed by atoms with van der Waals surface area (Å²) in [7, 11) is 3.29. The fourth-order valence-corrected chi connectivity index (χ4v) is 4.29. The SMILES string of the molecule is COC(OC)(Sc1ccccc1CC(=O)c1ccccc1)N1CCOCC1. The molecular formula is C21H25NO4S.